The zero-order valence-electron chi connectivity index (χ0n) is 10.3. The Balaban J connectivity index is 1.90. The first-order chi connectivity index (χ1) is 9.78. The molecule has 1 amide bonds. The van der Waals surface area contributed by atoms with Gasteiger partial charge in [0.1, 0.15) is 0 Å². The zero-order valence-corrected chi connectivity index (χ0v) is 12.8. The molecule has 0 aliphatic carbocycles. The van der Waals surface area contributed by atoms with E-state index in [1.54, 1.807) is 12.1 Å². The van der Waals surface area contributed by atoms with E-state index >= 15 is 0 Å². The van der Waals surface area contributed by atoms with Crippen LogP contribution in [0.1, 0.15) is 15.9 Å². The minimum atomic E-state index is -0.167. The van der Waals surface area contributed by atoms with Gasteiger partial charge in [0.15, 0.2) is 0 Å². The van der Waals surface area contributed by atoms with E-state index in [0.29, 0.717) is 17.1 Å². The van der Waals surface area contributed by atoms with Crippen LogP contribution < -0.4 is 5.32 Å². The number of carbonyl (C=O) groups is 1. The number of fused-ring (bicyclic) bond motifs is 1. The van der Waals surface area contributed by atoms with E-state index in [4.69, 9.17) is 11.6 Å². The van der Waals surface area contributed by atoms with Gasteiger partial charge in [-0.05, 0) is 0 Å². The van der Waals surface area contributed by atoms with Crippen molar-refractivity contribution < 1.29 is 4.79 Å². The third kappa shape index (κ3) is 2.61. The van der Waals surface area contributed by atoms with Gasteiger partial charge in [0.2, 0.25) is 0 Å². The monoisotopic (exact) mass is 351 g/mol. The Labute approximate surface area is 127 Å². The second-order valence-electron chi connectivity index (χ2n) is 4.23. The molecule has 20 heavy (non-hydrogen) atoms. The van der Waals surface area contributed by atoms with Gasteiger partial charge in [-0.15, -0.1) is 0 Å². The number of alkyl halides is 1. The van der Waals surface area contributed by atoms with Crippen LogP contribution in [0.4, 0.5) is 5.69 Å². The number of aromatic nitrogens is 2. The van der Waals surface area contributed by atoms with Crippen LogP contribution in [0.3, 0.4) is 0 Å². The van der Waals surface area contributed by atoms with Crippen molar-refractivity contribution >= 4 is 49.2 Å². The molecule has 0 spiro atoms. The quantitative estimate of drug-likeness (QED) is 0.583. The summed E-state index contributed by atoms with van der Waals surface area (Å²) in [5.41, 5.74) is 3.82. The molecule has 3 rings (SSSR count). The Hall–Kier alpha value is -1.68. The number of nitrogens with zero attached hydrogens (tertiary/aromatic N) is 2. The van der Waals surface area contributed by atoms with Gasteiger partial charge in [0.25, 0.3) is 0 Å². The third-order valence-electron chi connectivity index (χ3n) is 2.88. The Morgan fingerprint density at radius 3 is 2.90 bits per heavy atom. The van der Waals surface area contributed by atoms with Gasteiger partial charge in [-0.2, -0.15) is 0 Å². The fourth-order valence-corrected chi connectivity index (χ4v) is 3.22. The Morgan fingerprint density at radius 2 is 2.05 bits per heavy atom. The average molecular weight is 351 g/mol. The normalized spacial score (nSPS) is 10.7. The van der Waals surface area contributed by atoms with Crippen LogP contribution in [0.25, 0.3) is 11.0 Å². The topological polar surface area (TPSA) is 54.9 Å². The van der Waals surface area contributed by atoms with E-state index in [9.17, 15) is 4.79 Å². The maximum absolute atomic E-state index is 12.3. The van der Waals surface area contributed by atoms with Crippen molar-refractivity contribution in [2.75, 3.05) is 5.32 Å². The first-order valence-electron chi connectivity index (χ1n) is 5.95. The summed E-state index contributed by atoms with van der Waals surface area (Å²) in [7, 11) is 0. The van der Waals surface area contributed by atoms with E-state index in [-0.39, 0.29) is 20.9 Å². The van der Waals surface area contributed by atoms with Gasteiger partial charge in [0, 0.05) is 0 Å². The van der Waals surface area contributed by atoms with Crippen molar-refractivity contribution in [1.29, 1.82) is 0 Å². The number of hydrogen-bond donors (Lipinski definition) is 1. The minimum absolute atomic E-state index is 0.109. The number of amides is 1. The molecule has 2 aromatic carbocycles. The summed E-state index contributed by atoms with van der Waals surface area (Å²) in [5.74, 6) is 0.221. The predicted octanol–water partition coefficient (Wildman–Crippen LogP) is 2.68. The molecular formula is C14H10ClN3OSe. The van der Waals surface area contributed by atoms with E-state index in [1.165, 1.54) is 0 Å². The van der Waals surface area contributed by atoms with Crippen molar-refractivity contribution in [2.45, 2.75) is 5.88 Å². The number of anilines is 1. The number of hydrogen-bond acceptors (Lipinski definition) is 3. The van der Waals surface area contributed by atoms with Crippen molar-refractivity contribution in [3.63, 3.8) is 0 Å². The number of benzene rings is 2. The van der Waals surface area contributed by atoms with Crippen LogP contribution in [0, 0.1) is 0 Å². The van der Waals surface area contributed by atoms with Crippen molar-refractivity contribution in [3.05, 3.63) is 53.6 Å². The summed E-state index contributed by atoms with van der Waals surface area (Å²) < 4.78 is 8.63. The van der Waals surface area contributed by atoms with Gasteiger partial charge in [0.05, 0.1) is 0 Å². The van der Waals surface area contributed by atoms with Gasteiger partial charge in [-0.1, -0.05) is 0 Å². The fraction of sp³-hybridized carbons (Fsp3) is 0.0714. The molecule has 0 aliphatic rings. The van der Waals surface area contributed by atoms with Crippen LogP contribution >= 0.6 is 11.6 Å². The van der Waals surface area contributed by atoms with E-state index < -0.39 is 0 Å². The molecule has 0 atom stereocenters. The van der Waals surface area contributed by atoms with Crippen LogP contribution in [0.2, 0.25) is 0 Å². The first-order valence-corrected chi connectivity index (χ1v) is 8.02. The van der Waals surface area contributed by atoms with E-state index in [0.717, 1.165) is 16.6 Å². The second kappa shape index (κ2) is 5.75. The number of nitrogens with one attached hydrogen (secondary N) is 1. The third-order valence-corrected chi connectivity index (χ3v) is 4.32. The molecule has 0 fully saturated rings. The van der Waals surface area contributed by atoms with Crippen LogP contribution in [-0.4, -0.2) is 28.8 Å². The van der Waals surface area contributed by atoms with Crippen LogP contribution in [0.15, 0.2) is 42.5 Å². The molecule has 4 nitrogen and oxygen atoms in total. The van der Waals surface area contributed by atoms with Gasteiger partial charge >= 0.3 is 127 Å². The molecule has 1 aromatic heterocycles. The molecule has 0 aliphatic heterocycles. The molecule has 3 aromatic rings. The van der Waals surface area contributed by atoms with Crippen molar-refractivity contribution in [3.8, 4) is 0 Å². The van der Waals surface area contributed by atoms with Gasteiger partial charge in [-0.3, -0.25) is 0 Å². The molecule has 1 N–H and O–H groups in total. The summed E-state index contributed by atoms with van der Waals surface area (Å²) in [5, 5.41) is 2.88. The molecule has 1 heterocycles. The molecular weight excluding hydrogens is 341 g/mol. The fourth-order valence-electron chi connectivity index (χ4n) is 1.90. The first kappa shape index (κ1) is 13.3. The van der Waals surface area contributed by atoms with Crippen molar-refractivity contribution in [2.24, 2.45) is 0 Å². The molecule has 0 unspecified atom stereocenters. The standard InChI is InChI=1S/C14H10ClN3OSe/c15-8-9-3-1-4-10(7-9)14(19)16-11-5-2-6-12-13(11)18-20-17-12/h1-7H,8H2,(H,16,19). The molecule has 6 heteroatoms. The number of rotatable bonds is 3. The molecule has 0 saturated carbocycles. The van der Waals surface area contributed by atoms with Crippen LogP contribution in [-0.2, 0) is 5.88 Å². The van der Waals surface area contributed by atoms with Crippen molar-refractivity contribution in [1.82, 2.24) is 7.96 Å². The average Bonchev–Trinajstić information content (AvgIpc) is 2.97. The molecule has 100 valence electrons. The summed E-state index contributed by atoms with van der Waals surface area (Å²) in [6.07, 6.45) is 0. The molecule has 0 bridgehead atoms. The SMILES string of the molecule is O=C(Nc1cccc2n[se]nc12)c1cccc(CCl)c1. The summed E-state index contributed by atoms with van der Waals surface area (Å²) in [4.78, 5) is 12.3. The zero-order chi connectivity index (χ0) is 13.9. The summed E-state index contributed by atoms with van der Waals surface area (Å²) in [6, 6.07) is 12.9. The van der Waals surface area contributed by atoms with Gasteiger partial charge in [-0.25, -0.2) is 0 Å². The number of halogens is 1. The second-order valence-corrected chi connectivity index (χ2v) is 5.60. The van der Waals surface area contributed by atoms with Crippen LogP contribution in [0.5, 0.6) is 0 Å². The van der Waals surface area contributed by atoms with Gasteiger partial charge < -0.3 is 0 Å². The summed E-state index contributed by atoms with van der Waals surface area (Å²) in [6.45, 7) is 0. The Bertz CT molecular complexity index is 772. The predicted molar refractivity (Wildman–Crippen MR) is 80.4 cm³/mol. The molecule has 0 radical (unpaired) electrons. The number of carbonyl (C=O) groups excluding carboxylic acids is 1. The maximum atomic E-state index is 12.3. The van der Waals surface area contributed by atoms with E-state index in [2.05, 4.69) is 13.3 Å². The summed E-state index contributed by atoms with van der Waals surface area (Å²) >= 11 is 5.67. The molecule has 0 saturated heterocycles. The van der Waals surface area contributed by atoms with E-state index in [1.807, 2.05) is 30.3 Å². The Kier molecular flexibility index (Phi) is 3.83. The Morgan fingerprint density at radius 1 is 1.20 bits per heavy atom.